The van der Waals surface area contributed by atoms with Crippen molar-refractivity contribution in [2.24, 2.45) is 0 Å². The van der Waals surface area contributed by atoms with Gasteiger partial charge < -0.3 is 10.1 Å². The van der Waals surface area contributed by atoms with Gasteiger partial charge in [0.05, 0.1) is 18.5 Å². The molecule has 1 N–H and O–H groups in total. The molecule has 0 bridgehead atoms. The molecular formula is C9H13N3OS. The second-order valence-corrected chi connectivity index (χ2v) is 4.49. The molecule has 2 rings (SSSR count). The van der Waals surface area contributed by atoms with E-state index in [1.165, 1.54) is 0 Å². The molecule has 0 unspecified atom stereocenters. The minimum Gasteiger partial charge on any atom is -0.379 e. The predicted molar refractivity (Wildman–Crippen MR) is 56.8 cm³/mol. The number of aryl methyl sites for hydroxylation is 1. The van der Waals surface area contributed by atoms with Gasteiger partial charge in [-0.25, -0.2) is 9.97 Å². The Morgan fingerprint density at radius 2 is 2.29 bits per heavy atom. The van der Waals surface area contributed by atoms with Gasteiger partial charge in [-0.15, -0.1) is 0 Å². The van der Waals surface area contributed by atoms with Crippen LogP contribution < -0.4 is 5.32 Å². The molecule has 0 spiro atoms. The van der Waals surface area contributed by atoms with Gasteiger partial charge in [-0.1, -0.05) is 11.8 Å². The number of rotatable bonds is 3. The fourth-order valence-corrected chi connectivity index (χ4v) is 2.22. The summed E-state index contributed by atoms with van der Waals surface area (Å²) in [5, 5.41) is 4.61. The Morgan fingerprint density at radius 1 is 1.50 bits per heavy atom. The van der Waals surface area contributed by atoms with Crippen LogP contribution in [0.15, 0.2) is 11.1 Å². The van der Waals surface area contributed by atoms with Crippen molar-refractivity contribution in [1.82, 2.24) is 9.97 Å². The van der Waals surface area contributed by atoms with Crippen molar-refractivity contribution in [3.05, 3.63) is 11.9 Å². The van der Waals surface area contributed by atoms with Gasteiger partial charge in [0.2, 0.25) is 0 Å². The minimum absolute atomic E-state index is 0.564. The summed E-state index contributed by atoms with van der Waals surface area (Å²) in [6.45, 7) is 3.58. The number of hydrogen-bond acceptors (Lipinski definition) is 5. The maximum atomic E-state index is 5.11. The van der Waals surface area contributed by atoms with Gasteiger partial charge in [-0.05, 0) is 6.92 Å². The van der Waals surface area contributed by atoms with Gasteiger partial charge in [0.1, 0.15) is 16.7 Å². The van der Waals surface area contributed by atoms with Gasteiger partial charge in [0, 0.05) is 13.1 Å². The van der Waals surface area contributed by atoms with Gasteiger partial charge in [-0.3, -0.25) is 0 Å². The van der Waals surface area contributed by atoms with Crippen LogP contribution in [-0.4, -0.2) is 35.5 Å². The lowest BCUT2D eigenvalue weighted by Gasteiger charge is -2.24. The summed E-state index contributed by atoms with van der Waals surface area (Å²) in [6.07, 6.45) is 0. The molecule has 4 nitrogen and oxygen atoms in total. The van der Waals surface area contributed by atoms with Crippen LogP contribution in [0.25, 0.3) is 0 Å². The molecule has 0 radical (unpaired) electrons. The van der Waals surface area contributed by atoms with Crippen molar-refractivity contribution < 1.29 is 4.74 Å². The Bertz CT molecular complexity index is 328. The summed E-state index contributed by atoms with van der Waals surface area (Å²) < 4.78 is 5.11. The Kier molecular flexibility index (Phi) is 2.88. The van der Waals surface area contributed by atoms with Crippen LogP contribution in [0, 0.1) is 6.92 Å². The maximum absolute atomic E-state index is 5.11. The Labute approximate surface area is 87.5 Å². The summed E-state index contributed by atoms with van der Waals surface area (Å²) in [4.78, 5) is 8.60. The van der Waals surface area contributed by atoms with Crippen LogP contribution in [-0.2, 0) is 4.74 Å². The quantitative estimate of drug-likeness (QED) is 0.764. The van der Waals surface area contributed by atoms with Crippen LogP contribution in [0.3, 0.4) is 0 Å². The van der Waals surface area contributed by atoms with E-state index in [-0.39, 0.29) is 0 Å². The van der Waals surface area contributed by atoms with Crippen LogP contribution in [0.4, 0.5) is 5.82 Å². The van der Waals surface area contributed by atoms with Gasteiger partial charge >= 0.3 is 0 Å². The first kappa shape index (κ1) is 9.73. The van der Waals surface area contributed by atoms with E-state index in [0.717, 1.165) is 29.9 Å². The Hall–Kier alpha value is -0.810. The van der Waals surface area contributed by atoms with Crippen molar-refractivity contribution in [1.29, 1.82) is 0 Å². The van der Waals surface area contributed by atoms with Crippen molar-refractivity contribution in [2.45, 2.75) is 17.2 Å². The lowest BCUT2D eigenvalue weighted by molar-refractivity contribution is 0.0454. The normalized spacial score (nSPS) is 16.4. The minimum atomic E-state index is 0.564. The largest absolute Gasteiger partial charge is 0.379 e. The first-order valence-corrected chi connectivity index (χ1v) is 5.44. The molecule has 0 atom stereocenters. The maximum Gasteiger partial charge on any atom is 0.130 e. The van der Waals surface area contributed by atoms with Gasteiger partial charge in [0.25, 0.3) is 0 Å². The smallest absolute Gasteiger partial charge is 0.130 e. The topological polar surface area (TPSA) is 47.0 Å². The van der Waals surface area contributed by atoms with Gasteiger partial charge in [0.15, 0.2) is 0 Å². The zero-order chi connectivity index (χ0) is 9.97. The summed E-state index contributed by atoms with van der Waals surface area (Å²) in [5.41, 5.74) is 0. The highest BCUT2D eigenvalue weighted by molar-refractivity contribution is 8.00. The van der Waals surface area contributed by atoms with E-state index in [0.29, 0.717) is 5.25 Å². The van der Waals surface area contributed by atoms with E-state index in [1.54, 1.807) is 11.8 Å². The third-order valence-corrected chi connectivity index (χ3v) is 3.02. The monoisotopic (exact) mass is 211 g/mol. The molecule has 1 aromatic heterocycles. The van der Waals surface area contributed by atoms with Crippen LogP contribution in [0.5, 0.6) is 0 Å². The van der Waals surface area contributed by atoms with Crippen LogP contribution >= 0.6 is 11.8 Å². The molecule has 1 aliphatic rings. The van der Waals surface area contributed by atoms with Crippen molar-refractivity contribution in [2.75, 3.05) is 25.6 Å². The van der Waals surface area contributed by atoms with Crippen molar-refractivity contribution in [3.8, 4) is 0 Å². The number of ether oxygens (including phenoxy) is 1. The fourth-order valence-electron chi connectivity index (χ4n) is 1.18. The first-order chi connectivity index (χ1) is 6.78. The van der Waals surface area contributed by atoms with E-state index in [9.17, 15) is 0 Å². The number of aromatic nitrogens is 2. The van der Waals surface area contributed by atoms with E-state index in [1.807, 2.05) is 20.0 Å². The first-order valence-electron chi connectivity index (χ1n) is 4.56. The molecule has 0 amide bonds. The zero-order valence-corrected chi connectivity index (χ0v) is 9.10. The van der Waals surface area contributed by atoms with E-state index in [2.05, 4.69) is 15.3 Å². The molecule has 0 aliphatic carbocycles. The van der Waals surface area contributed by atoms with Gasteiger partial charge in [-0.2, -0.15) is 0 Å². The molecule has 1 saturated heterocycles. The third-order valence-electron chi connectivity index (χ3n) is 1.97. The highest BCUT2D eigenvalue weighted by Crippen LogP contribution is 2.27. The number of nitrogens with one attached hydrogen (secondary N) is 1. The number of thioether (sulfide) groups is 1. The fraction of sp³-hybridized carbons (Fsp3) is 0.556. The number of anilines is 1. The average Bonchev–Trinajstić information content (AvgIpc) is 2.10. The summed E-state index contributed by atoms with van der Waals surface area (Å²) in [7, 11) is 1.86. The third kappa shape index (κ3) is 2.16. The number of nitrogens with zero attached hydrogens (tertiary/aromatic N) is 2. The molecule has 1 fully saturated rings. The van der Waals surface area contributed by atoms with Crippen molar-refractivity contribution >= 4 is 17.6 Å². The second-order valence-electron chi connectivity index (χ2n) is 3.17. The lowest BCUT2D eigenvalue weighted by atomic mass is 10.4. The molecule has 1 aromatic rings. The zero-order valence-electron chi connectivity index (χ0n) is 8.28. The summed E-state index contributed by atoms with van der Waals surface area (Å²) >= 11 is 1.76. The predicted octanol–water partition coefficient (Wildman–Crippen LogP) is 1.32. The van der Waals surface area contributed by atoms with Crippen LogP contribution in [0.2, 0.25) is 0 Å². The van der Waals surface area contributed by atoms with E-state index >= 15 is 0 Å². The lowest BCUT2D eigenvalue weighted by Crippen LogP contribution is -2.30. The van der Waals surface area contributed by atoms with Crippen LogP contribution in [0.1, 0.15) is 5.82 Å². The molecule has 0 aromatic carbocycles. The van der Waals surface area contributed by atoms with Crippen molar-refractivity contribution in [3.63, 3.8) is 0 Å². The molecule has 14 heavy (non-hydrogen) atoms. The Morgan fingerprint density at radius 3 is 2.86 bits per heavy atom. The standard InChI is InChI=1S/C9H13N3OS/c1-6-11-8(10-2)3-9(12-6)14-7-4-13-5-7/h3,7H,4-5H2,1-2H3,(H,10,11,12). The Balaban J connectivity index is 2.11. The summed E-state index contributed by atoms with van der Waals surface area (Å²) in [6, 6.07) is 1.97. The second kappa shape index (κ2) is 4.14. The molecular weight excluding hydrogens is 198 g/mol. The number of hydrogen-bond donors (Lipinski definition) is 1. The van der Waals surface area contributed by atoms with E-state index in [4.69, 9.17) is 4.74 Å². The molecule has 0 saturated carbocycles. The average molecular weight is 211 g/mol. The summed E-state index contributed by atoms with van der Waals surface area (Å²) in [5.74, 6) is 1.68. The molecule has 2 heterocycles. The molecule has 1 aliphatic heterocycles. The van der Waals surface area contributed by atoms with E-state index < -0.39 is 0 Å². The highest BCUT2D eigenvalue weighted by Gasteiger charge is 2.20. The highest BCUT2D eigenvalue weighted by atomic mass is 32.2. The molecule has 76 valence electrons. The molecule has 5 heteroatoms. The SMILES string of the molecule is CNc1cc(SC2COC2)nc(C)n1.